The quantitative estimate of drug-likeness (QED) is 0.606. The van der Waals surface area contributed by atoms with Gasteiger partial charge in [0.05, 0.1) is 13.1 Å². The SMILES string of the molecule is C=CC(=O)N1CC2(C1)OCCC2c1cc(/C=C(\N)c2ccccc2O)c(N)[nH]1. The van der Waals surface area contributed by atoms with Crippen molar-refractivity contribution < 1.29 is 14.6 Å². The monoisotopic (exact) mass is 380 g/mol. The summed E-state index contributed by atoms with van der Waals surface area (Å²) in [5.41, 5.74) is 14.7. The van der Waals surface area contributed by atoms with Crippen molar-refractivity contribution in [2.24, 2.45) is 5.73 Å². The fourth-order valence-corrected chi connectivity index (χ4v) is 4.16. The molecule has 7 heteroatoms. The molecule has 2 aromatic rings. The maximum absolute atomic E-state index is 11.8. The molecule has 1 unspecified atom stereocenters. The number of aromatic hydroxyl groups is 1. The summed E-state index contributed by atoms with van der Waals surface area (Å²) < 4.78 is 6.02. The largest absolute Gasteiger partial charge is 0.507 e. The lowest BCUT2D eigenvalue weighted by molar-refractivity contribution is -0.155. The summed E-state index contributed by atoms with van der Waals surface area (Å²) in [6.07, 6.45) is 3.93. The van der Waals surface area contributed by atoms with Gasteiger partial charge in [-0.25, -0.2) is 0 Å². The number of nitrogens with one attached hydrogen (secondary N) is 1. The van der Waals surface area contributed by atoms with Gasteiger partial charge < -0.3 is 31.2 Å². The number of H-pyrrole nitrogens is 1. The minimum atomic E-state index is -0.375. The number of para-hydroxylation sites is 1. The van der Waals surface area contributed by atoms with Gasteiger partial charge in [-0.05, 0) is 36.8 Å². The number of amides is 1. The van der Waals surface area contributed by atoms with E-state index < -0.39 is 0 Å². The summed E-state index contributed by atoms with van der Waals surface area (Å²) in [5, 5.41) is 9.99. The molecule has 4 rings (SSSR count). The van der Waals surface area contributed by atoms with Gasteiger partial charge in [0.15, 0.2) is 0 Å². The summed E-state index contributed by atoms with van der Waals surface area (Å²) in [4.78, 5) is 16.8. The Kier molecular flexibility index (Phi) is 4.39. The topological polar surface area (TPSA) is 118 Å². The Bertz CT molecular complexity index is 956. The minimum absolute atomic E-state index is 0.0788. The number of phenols is 1. The first-order valence-electron chi connectivity index (χ1n) is 9.23. The van der Waals surface area contributed by atoms with Crippen LogP contribution in [0.5, 0.6) is 5.75 Å². The number of nitrogens with zero attached hydrogens (tertiary/aromatic N) is 1. The van der Waals surface area contributed by atoms with E-state index in [1.165, 1.54) is 6.08 Å². The van der Waals surface area contributed by atoms with Crippen molar-refractivity contribution in [3.63, 3.8) is 0 Å². The van der Waals surface area contributed by atoms with Gasteiger partial charge >= 0.3 is 0 Å². The number of anilines is 1. The standard InChI is InChI=1S/C21H24N4O3/c1-2-19(27)25-11-21(12-25)15(7-8-28-21)17-10-13(20(23)24-17)9-16(22)14-5-3-4-6-18(14)26/h2-6,9-10,15,24,26H,1,7-8,11-12,22-23H2/b16-9-. The second kappa shape index (κ2) is 6.76. The first-order chi connectivity index (χ1) is 13.4. The molecular formula is C21H24N4O3. The van der Waals surface area contributed by atoms with Crippen LogP contribution < -0.4 is 11.5 Å². The molecule has 0 saturated carbocycles. The Morgan fingerprint density at radius 3 is 2.86 bits per heavy atom. The van der Waals surface area contributed by atoms with Gasteiger partial charge in [-0.3, -0.25) is 4.79 Å². The van der Waals surface area contributed by atoms with Crippen LogP contribution in [0.2, 0.25) is 0 Å². The Morgan fingerprint density at radius 2 is 2.14 bits per heavy atom. The molecule has 1 aromatic heterocycles. The summed E-state index contributed by atoms with van der Waals surface area (Å²) in [6.45, 7) is 5.28. The van der Waals surface area contributed by atoms with Gasteiger partial charge in [-0.15, -0.1) is 0 Å². The molecule has 2 aliphatic rings. The van der Waals surface area contributed by atoms with Crippen LogP contribution in [0.3, 0.4) is 0 Å². The van der Waals surface area contributed by atoms with Gasteiger partial charge in [0.2, 0.25) is 5.91 Å². The van der Waals surface area contributed by atoms with Crippen molar-refractivity contribution in [1.29, 1.82) is 0 Å². The molecule has 2 fully saturated rings. The van der Waals surface area contributed by atoms with Crippen molar-refractivity contribution in [1.82, 2.24) is 9.88 Å². The summed E-state index contributed by atoms with van der Waals surface area (Å²) >= 11 is 0. The molecule has 2 aliphatic heterocycles. The van der Waals surface area contributed by atoms with Crippen LogP contribution in [0.15, 0.2) is 43.0 Å². The van der Waals surface area contributed by atoms with Crippen molar-refractivity contribution in [2.45, 2.75) is 17.9 Å². The number of aromatic nitrogens is 1. The smallest absolute Gasteiger partial charge is 0.246 e. The molecule has 6 N–H and O–H groups in total. The van der Waals surface area contributed by atoms with E-state index in [0.29, 0.717) is 36.8 Å². The van der Waals surface area contributed by atoms with E-state index in [1.54, 1.807) is 29.2 Å². The zero-order valence-corrected chi connectivity index (χ0v) is 15.5. The summed E-state index contributed by atoms with van der Waals surface area (Å²) in [7, 11) is 0. The Hall–Kier alpha value is -3.19. The lowest BCUT2D eigenvalue weighted by atomic mass is 9.79. The lowest BCUT2D eigenvalue weighted by Crippen LogP contribution is -2.65. The zero-order valence-electron chi connectivity index (χ0n) is 15.5. The highest BCUT2D eigenvalue weighted by Gasteiger charge is 2.55. The maximum atomic E-state index is 11.8. The first-order valence-corrected chi connectivity index (χ1v) is 9.23. The minimum Gasteiger partial charge on any atom is -0.507 e. The first kappa shape index (κ1) is 18.2. The molecule has 146 valence electrons. The van der Waals surface area contributed by atoms with Crippen LogP contribution in [0, 0.1) is 0 Å². The van der Waals surface area contributed by atoms with Crippen LogP contribution in [0.4, 0.5) is 5.82 Å². The highest BCUT2D eigenvalue weighted by Crippen LogP contribution is 2.46. The van der Waals surface area contributed by atoms with E-state index in [-0.39, 0.29) is 23.2 Å². The molecule has 1 amide bonds. The molecule has 0 aliphatic carbocycles. The normalized spacial score (nSPS) is 20.9. The van der Waals surface area contributed by atoms with Crippen LogP contribution in [-0.4, -0.2) is 46.2 Å². The van der Waals surface area contributed by atoms with E-state index >= 15 is 0 Å². The predicted molar refractivity (Wildman–Crippen MR) is 108 cm³/mol. The number of carbonyl (C=O) groups excluding carboxylic acids is 1. The molecule has 28 heavy (non-hydrogen) atoms. The average Bonchev–Trinajstić information content (AvgIpc) is 3.24. The number of ether oxygens (including phenoxy) is 1. The number of nitrogen functional groups attached to an aromatic ring is 1. The van der Waals surface area contributed by atoms with Crippen molar-refractivity contribution in [3.8, 4) is 5.75 Å². The van der Waals surface area contributed by atoms with Crippen LogP contribution >= 0.6 is 0 Å². The molecule has 2 saturated heterocycles. The Labute approximate surface area is 163 Å². The Morgan fingerprint density at radius 1 is 1.39 bits per heavy atom. The third-order valence-electron chi connectivity index (χ3n) is 5.64. The maximum Gasteiger partial charge on any atom is 0.246 e. The average molecular weight is 380 g/mol. The third-order valence-corrected chi connectivity index (χ3v) is 5.64. The van der Waals surface area contributed by atoms with Crippen LogP contribution in [-0.2, 0) is 9.53 Å². The molecule has 1 aromatic carbocycles. The highest BCUT2D eigenvalue weighted by atomic mass is 16.5. The van der Waals surface area contributed by atoms with Crippen molar-refractivity contribution >= 4 is 23.5 Å². The third kappa shape index (κ3) is 2.93. The predicted octanol–water partition coefficient (Wildman–Crippen LogP) is 2.03. The molecule has 1 atom stereocenters. The van der Waals surface area contributed by atoms with E-state index in [2.05, 4.69) is 11.6 Å². The highest BCUT2D eigenvalue weighted by molar-refractivity contribution is 5.88. The second-order valence-corrected chi connectivity index (χ2v) is 7.36. The van der Waals surface area contributed by atoms with Gasteiger partial charge in [0.25, 0.3) is 0 Å². The van der Waals surface area contributed by atoms with E-state index in [1.807, 2.05) is 12.1 Å². The number of carbonyl (C=O) groups is 1. The molecular weight excluding hydrogens is 356 g/mol. The number of benzene rings is 1. The number of rotatable bonds is 4. The lowest BCUT2D eigenvalue weighted by Gasteiger charge is -2.49. The number of phenolic OH excluding ortho intramolecular Hbond substituents is 1. The molecule has 7 nitrogen and oxygen atoms in total. The number of hydrogen-bond donors (Lipinski definition) is 4. The fourth-order valence-electron chi connectivity index (χ4n) is 4.16. The summed E-state index contributed by atoms with van der Waals surface area (Å²) in [5.74, 6) is 0.672. The second-order valence-electron chi connectivity index (χ2n) is 7.36. The molecule has 1 spiro atoms. The van der Waals surface area contributed by atoms with E-state index in [4.69, 9.17) is 16.2 Å². The van der Waals surface area contributed by atoms with Crippen LogP contribution in [0.25, 0.3) is 11.8 Å². The number of likely N-dealkylation sites (tertiary alicyclic amines) is 1. The number of hydrogen-bond acceptors (Lipinski definition) is 5. The molecule has 0 bridgehead atoms. The van der Waals surface area contributed by atoms with Gasteiger partial charge in [0, 0.05) is 35.0 Å². The van der Waals surface area contributed by atoms with Gasteiger partial charge in [0.1, 0.15) is 17.2 Å². The number of aromatic amines is 1. The van der Waals surface area contributed by atoms with Crippen molar-refractivity contribution in [2.75, 3.05) is 25.4 Å². The van der Waals surface area contributed by atoms with Crippen LogP contribution in [0.1, 0.15) is 29.2 Å². The van der Waals surface area contributed by atoms with Gasteiger partial charge in [-0.2, -0.15) is 0 Å². The van der Waals surface area contributed by atoms with E-state index in [0.717, 1.165) is 17.7 Å². The van der Waals surface area contributed by atoms with Crippen molar-refractivity contribution in [3.05, 3.63) is 59.8 Å². The van der Waals surface area contributed by atoms with E-state index in [9.17, 15) is 9.90 Å². The number of nitrogens with two attached hydrogens (primary N) is 2. The zero-order chi connectivity index (χ0) is 19.9. The summed E-state index contributed by atoms with van der Waals surface area (Å²) in [6, 6.07) is 8.88. The fraction of sp³-hybridized carbons (Fsp3) is 0.286. The molecule has 3 heterocycles. The Balaban J connectivity index is 1.58. The van der Waals surface area contributed by atoms with Gasteiger partial charge in [-0.1, -0.05) is 18.7 Å². The molecule has 0 radical (unpaired) electrons.